The Hall–Kier alpha value is -4.07. The lowest BCUT2D eigenvalue weighted by Crippen LogP contribution is -2.24. The number of aromatic amines is 1. The highest BCUT2D eigenvalue weighted by Crippen LogP contribution is 2.41. The summed E-state index contributed by atoms with van der Waals surface area (Å²) < 4.78 is 17.0. The van der Waals surface area contributed by atoms with Crippen LogP contribution >= 0.6 is 0 Å². The molecule has 6 rings (SSSR count). The lowest BCUT2D eigenvalue weighted by Gasteiger charge is -2.29. The van der Waals surface area contributed by atoms with E-state index >= 15 is 0 Å². The third kappa shape index (κ3) is 3.03. The monoisotopic (exact) mass is 427 g/mol. The number of para-hydroxylation sites is 1. The average Bonchev–Trinajstić information content (AvgIpc) is 3.47. The molecule has 0 saturated heterocycles. The van der Waals surface area contributed by atoms with Crippen LogP contribution in [0.15, 0.2) is 54.9 Å². The third-order valence-corrected chi connectivity index (χ3v) is 5.48. The van der Waals surface area contributed by atoms with Gasteiger partial charge in [0.25, 0.3) is 0 Å². The summed E-state index contributed by atoms with van der Waals surface area (Å²) in [6.45, 7) is 4.81. The van der Waals surface area contributed by atoms with Gasteiger partial charge in [0, 0.05) is 12.1 Å². The number of hydrogen-bond acceptors (Lipinski definition) is 7. The van der Waals surface area contributed by atoms with Gasteiger partial charge in [-0.25, -0.2) is 4.98 Å². The van der Waals surface area contributed by atoms with E-state index in [-0.39, 0.29) is 12.9 Å². The zero-order chi connectivity index (χ0) is 21.7. The number of H-pyrrole nitrogens is 1. The number of anilines is 2. The SMILES string of the molecule is CC(C)Oc1nc(N2CC=C(c3ccc4c(c3)OCO4)c3ccccc32)nc2nc[nH]c12. The van der Waals surface area contributed by atoms with Gasteiger partial charge >= 0.3 is 0 Å². The zero-order valence-electron chi connectivity index (χ0n) is 17.7. The van der Waals surface area contributed by atoms with Crippen LogP contribution in [-0.4, -0.2) is 39.4 Å². The molecule has 4 aromatic rings. The normalized spacial score (nSPS) is 14.6. The molecule has 0 bridgehead atoms. The van der Waals surface area contributed by atoms with Gasteiger partial charge < -0.3 is 24.1 Å². The van der Waals surface area contributed by atoms with Gasteiger partial charge in [-0.05, 0) is 43.2 Å². The predicted molar refractivity (Wildman–Crippen MR) is 121 cm³/mol. The van der Waals surface area contributed by atoms with Crippen molar-refractivity contribution in [3.8, 4) is 17.4 Å². The zero-order valence-corrected chi connectivity index (χ0v) is 17.7. The largest absolute Gasteiger partial charge is 0.473 e. The molecule has 8 heteroatoms. The Morgan fingerprint density at radius 2 is 1.94 bits per heavy atom. The Morgan fingerprint density at radius 1 is 1.06 bits per heavy atom. The summed E-state index contributed by atoms with van der Waals surface area (Å²) >= 11 is 0. The summed E-state index contributed by atoms with van der Waals surface area (Å²) in [5.41, 5.74) is 5.60. The van der Waals surface area contributed by atoms with Crippen LogP contribution < -0.4 is 19.1 Å². The number of fused-ring (bicyclic) bond motifs is 3. The predicted octanol–water partition coefficient (Wildman–Crippen LogP) is 4.45. The molecule has 4 heterocycles. The molecular weight excluding hydrogens is 406 g/mol. The molecule has 0 fully saturated rings. The third-order valence-electron chi connectivity index (χ3n) is 5.48. The molecule has 1 N–H and O–H groups in total. The van der Waals surface area contributed by atoms with Crippen LogP contribution in [0.25, 0.3) is 16.7 Å². The number of ether oxygens (including phenoxy) is 3. The van der Waals surface area contributed by atoms with Crippen molar-refractivity contribution in [3.05, 3.63) is 66.0 Å². The Bertz CT molecular complexity index is 1360. The summed E-state index contributed by atoms with van der Waals surface area (Å²) in [6.07, 6.45) is 3.77. The first-order valence-electron chi connectivity index (χ1n) is 10.5. The average molecular weight is 427 g/mol. The maximum Gasteiger partial charge on any atom is 0.245 e. The molecule has 32 heavy (non-hydrogen) atoms. The quantitative estimate of drug-likeness (QED) is 0.515. The molecule has 2 aliphatic heterocycles. The van der Waals surface area contributed by atoms with E-state index in [1.54, 1.807) is 6.33 Å². The lowest BCUT2D eigenvalue weighted by atomic mass is 9.93. The van der Waals surface area contributed by atoms with Crippen LogP contribution in [0, 0.1) is 0 Å². The highest BCUT2D eigenvalue weighted by Gasteiger charge is 2.25. The maximum atomic E-state index is 5.95. The minimum atomic E-state index is -0.0181. The smallest absolute Gasteiger partial charge is 0.245 e. The van der Waals surface area contributed by atoms with E-state index < -0.39 is 0 Å². The number of rotatable bonds is 4. The summed E-state index contributed by atoms with van der Waals surface area (Å²) in [5.74, 6) is 2.60. The van der Waals surface area contributed by atoms with Crippen molar-refractivity contribution >= 4 is 28.4 Å². The second-order valence-corrected chi connectivity index (χ2v) is 7.91. The Morgan fingerprint density at radius 3 is 2.84 bits per heavy atom. The summed E-state index contributed by atoms with van der Waals surface area (Å²) in [4.78, 5) is 18.9. The minimum Gasteiger partial charge on any atom is -0.473 e. The van der Waals surface area contributed by atoms with Crippen LogP contribution in [-0.2, 0) is 0 Å². The van der Waals surface area contributed by atoms with Crippen LogP contribution in [0.3, 0.4) is 0 Å². The van der Waals surface area contributed by atoms with Gasteiger partial charge in [0.05, 0.1) is 18.1 Å². The molecule has 2 aliphatic rings. The first-order valence-corrected chi connectivity index (χ1v) is 10.5. The number of benzene rings is 2. The molecule has 0 radical (unpaired) electrons. The minimum absolute atomic E-state index is 0.0181. The maximum absolute atomic E-state index is 5.95. The molecule has 2 aromatic carbocycles. The van der Waals surface area contributed by atoms with Gasteiger partial charge in [-0.2, -0.15) is 9.97 Å². The van der Waals surface area contributed by atoms with E-state index in [0.717, 1.165) is 33.9 Å². The Labute approximate surface area is 184 Å². The summed E-state index contributed by atoms with van der Waals surface area (Å²) in [5, 5.41) is 0. The first-order chi connectivity index (χ1) is 15.7. The van der Waals surface area contributed by atoms with E-state index in [4.69, 9.17) is 24.2 Å². The lowest BCUT2D eigenvalue weighted by molar-refractivity contribution is 0.174. The van der Waals surface area contributed by atoms with Gasteiger partial charge in [-0.15, -0.1) is 0 Å². The standard InChI is InChI=1S/C24H21N5O3/c1-14(2)32-23-21-22(26-12-25-21)27-24(28-23)29-10-9-16(17-5-3-4-6-18(17)29)15-7-8-19-20(11-15)31-13-30-19/h3-9,11-12,14H,10,13H2,1-2H3,(H,25,26,27,28). The Kier molecular flexibility index (Phi) is 4.24. The molecule has 0 saturated carbocycles. The van der Waals surface area contributed by atoms with Crippen LogP contribution in [0.2, 0.25) is 0 Å². The summed E-state index contributed by atoms with van der Waals surface area (Å²) in [6, 6.07) is 14.3. The number of nitrogens with one attached hydrogen (secondary N) is 1. The van der Waals surface area contributed by atoms with Crippen molar-refractivity contribution in [1.29, 1.82) is 0 Å². The molecular formula is C24H21N5O3. The molecule has 160 valence electrons. The fourth-order valence-electron chi connectivity index (χ4n) is 4.08. The highest BCUT2D eigenvalue weighted by atomic mass is 16.7. The van der Waals surface area contributed by atoms with Gasteiger partial charge in [0.2, 0.25) is 18.6 Å². The molecule has 0 aliphatic carbocycles. The van der Waals surface area contributed by atoms with E-state index in [1.165, 1.54) is 0 Å². The fraction of sp³-hybridized carbons (Fsp3) is 0.208. The number of imidazole rings is 1. The second-order valence-electron chi connectivity index (χ2n) is 7.91. The number of hydrogen-bond donors (Lipinski definition) is 1. The van der Waals surface area contributed by atoms with Crippen molar-refractivity contribution in [1.82, 2.24) is 19.9 Å². The fourth-order valence-corrected chi connectivity index (χ4v) is 4.08. The molecule has 2 aromatic heterocycles. The Balaban J connectivity index is 1.44. The van der Waals surface area contributed by atoms with Gasteiger partial charge in [0.15, 0.2) is 17.1 Å². The number of nitrogens with zero attached hydrogens (tertiary/aromatic N) is 4. The van der Waals surface area contributed by atoms with E-state index in [9.17, 15) is 0 Å². The molecule has 0 unspecified atom stereocenters. The van der Waals surface area contributed by atoms with E-state index in [0.29, 0.717) is 29.5 Å². The van der Waals surface area contributed by atoms with Gasteiger partial charge in [-0.1, -0.05) is 30.3 Å². The van der Waals surface area contributed by atoms with Crippen molar-refractivity contribution in [3.63, 3.8) is 0 Å². The van der Waals surface area contributed by atoms with Crippen LogP contribution in [0.5, 0.6) is 17.4 Å². The number of aromatic nitrogens is 4. The van der Waals surface area contributed by atoms with Gasteiger partial charge in [-0.3, -0.25) is 0 Å². The van der Waals surface area contributed by atoms with Crippen molar-refractivity contribution < 1.29 is 14.2 Å². The summed E-state index contributed by atoms with van der Waals surface area (Å²) in [7, 11) is 0. The topological polar surface area (TPSA) is 85.4 Å². The van der Waals surface area contributed by atoms with Crippen LogP contribution in [0.1, 0.15) is 25.0 Å². The molecule has 0 atom stereocenters. The van der Waals surface area contributed by atoms with Crippen molar-refractivity contribution in [2.75, 3.05) is 18.2 Å². The molecule has 0 spiro atoms. The first kappa shape index (κ1) is 18.7. The van der Waals surface area contributed by atoms with Crippen molar-refractivity contribution in [2.24, 2.45) is 0 Å². The highest BCUT2D eigenvalue weighted by molar-refractivity contribution is 5.91. The van der Waals surface area contributed by atoms with Crippen LogP contribution in [0.4, 0.5) is 11.6 Å². The van der Waals surface area contributed by atoms with Gasteiger partial charge in [0.1, 0.15) is 5.52 Å². The molecule has 8 nitrogen and oxygen atoms in total. The van der Waals surface area contributed by atoms with E-state index in [1.807, 2.05) is 38.1 Å². The molecule has 0 amide bonds. The van der Waals surface area contributed by atoms with Crippen molar-refractivity contribution in [2.45, 2.75) is 20.0 Å². The second kappa shape index (κ2) is 7.26. The van der Waals surface area contributed by atoms with E-state index in [2.05, 4.69) is 39.1 Å².